The normalized spacial score (nSPS) is 12.3. The molecule has 1 aromatic heterocycles. The Kier molecular flexibility index (Phi) is 9.03. The van der Waals surface area contributed by atoms with Crippen LogP contribution < -0.4 is 15.8 Å². The van der Waals surface area contributed by atoms with E-state index in [1.807, 2.05) is 0 Å². The van der Waals surface area contributed by atoms with Gasteiger partial charge in [-0.3, -0.25) is 0 Å². The Morgan fingerprint density at radius 2 is 0.739 bits per heavy atom. The SMILES string of the molecule is c1ccc(-c2cc(-c3ccccc3)cc(N3c4c(cc(-c5ccccc5)cc4-c4ccccc4)B4c5c(c(-c6ccccc6)cc(-c6ccccc6)c53)-c3cccc5c6ccccc6n4c35)c2)cc1. The number of nitrogens with zero attached hydrogens (tertiary/aromatic N) is 2. The highest BCUT2D eigenvalue weighted by atomic mass is 15.2. The van der Waals surface area contributed by atoms with Crippen molar-refractivity contribution in [2.45, 2.75) is 0 Å². The second kappa shape index (κ2) is 15.9. The number of benzene rings is 11. The molecule has 69 heavy (non-hydrogen) atoms. The van der Waals surface area contributed by atoms with Crippen LogP contribution in [0.2, 0.25) is 0 Å². The molecule has 3 heteroatoms. The minimum Gasteiger partial charge on any atom is -0.375 e. The van der Waals surface area contributed by atoms with Crippen LogP contribution in [0, 0.1) is 0 Å². The van der Waals surface area contributed by atoms with Crippen molar-refractivity contribution in [1.82, 2.24) is 4.48 Å². The van der Waals surface area contributed by atoms with Gasteiger partial charge in [0.2, 0.25) is 0 Å². The quantitative estimate of drug-likeness (QED) is 0.145. The van der Waals surface area contributed by atoms with Crippen molar-refractivity contribution in [2.24, 2.45) is 0 Å². The van der Waals surface area contributed by atoms with Gasteiger partial charge in [-0.15, -0.1) is 0 Å². The highest BCUT2D eigenvalue weighted by Gasteiger charge is 2.46. The second-order valence-corrected chi connectivity index (χ2v) is 18.4. The molecule has 0 unspecified atom stereocenters. The lowest BCUT2D eigenvalue weighted by Crippen LogP contribution is -2.57. The zero-order chi connectivity index (χ0) is 45.4. The van der Waals surface area contributed by atoms with Crippen molar-refractivity contribution >= 4 is 56.6 Å². The van der Waals surface area contributed by atoms with E-state index in [-0.39, 0.29) is 6.85 Å². The van der Waals surface area contributed by atoms with Crippen LogP contribution in [0.1, 0.15) is 0 Å². The number of hydrogen-bond donors (Lipinski definition) is 0. The fourth-order valence-electron chi connectivity index (χ4n) is 11.6. The molecule has 11 aromatic carbocycles. The Morgan fingerprint density at radius 3 is 1.29 bits per heavy atom. The van der Waals surface area contributed by atoms with Crippen molar-refractivity contribution in [3.05, 3.63) is 261 Å². The third-order valence-electron chi connectivity index (χ3n) is 14.5. The molecular formula is C66H43BN2. The minimum absolute atomic E-state index is 0.193. The lowest BCUT2D eigenvalue weighted by Gasteiger charge is -2.44. The predicted molar refractivity (Wildman–Crippen MR) is 293 cm³/mol. The monoisotopic (exact) mass is 874 g/mol. The van der Waals surface area contributed by atoms with Gasteiger partial charge < -0.3 is 9.38 Å². The van der Waals surface area contributed by atoms with Crippen molar-refractivity contribution in [3.8, 4) is 77.9 Å². The van der Waals surface area contributed by atoms with Crippen molar-refractivity contribution in [1.29, 1.82) is 0 Å². The summed E-state index contributed by atoms with van der Waals surface area (Å²) in [7, 11) is 0. The molecule has 14 rings (SSSR count). The van der Waals surface area contributed by atoms with Crippen molar-refractivity contribution < 1.29 is 0 Å². The summed E-state index contributed by atoms with van der Waals surface area (Å²) >= 11 is 0. The van der Waals surface area contributed by atoms with E-state index in [1.54, 1.807) is 0 Å². The maximum atomic E-state index is 2.70. The molecule has 0 bridgehead atoms. The van der Waals surface area contributed by atoms with E-state index in [0.717, 1.165) is 16.8 Å². The molecule has 2 nitrogen and oxygen atoms in total. The molecule has 2 aliphatic rings. The minimum atomic E-state index is -0.193. The van der Waals surface area contributed by atoms with E-state index in [1.165, 1.54) is 111 Å². The van der Waals surface area contributed by atoms with Crippen molar-refractivity contribution in [2.75, 3.05) is 4.90 Å². The van der Waals surface area contributed by atoms with Gasteiger partial charge in [-0.1, -0.05) is 224 Å². The molecular weight excluding hydrogens is 832 g/mol. The molecule has 2 aliphatic heterocycles. The van der Waals surface area contributed by atoms with Crippen LogP contribution in [0.5, 0.6) is 0 Å². The number of rotatable bonds is 7. The van der Waals surface area contributed by atoms with Gasteiger partial charge in [0.15, 0.2) is 0 Å². The molecule has 0 N–H and O–H groups in total. The summed E-state index contributed by atoms with van der Waals surface area (Å²) in [5.41, 5.74) is 25.3. The molecule has 0 fully saturated rings. The summed E-state index contributed by atoms with van der Waals surface area (Å²) in [5, 5.41) is 2.54. The maximum absolute atomic E-state index is 2.70. The van der Waals surface area contributed by atoms with Gasteiger partial charge in [-0.05, 0) is 109 Å². The topological polar surface area (TPSA) is 8.17 Å². The van der Waals surface area contributed by atoms with Crippen molar-refractivity contribution in [3.63, 3.8) is 0 Å². The summed E-state index contributed by atoms with van der Waals surface area (Å²) in [6.45, 7) is -0.193. The fourth-order valence-corrected chi connectivity index (χ4v) is 11.6. The van der Waals surface area contributed by atoms with Crippen LogP contribution in [-0.4, -0.2) is 11.3 Å². The number of aromatic nitrogens is 1. The number of fused-ring (bicyclic) bond motifs is 7. The third-order valence-corrected chi connectivity index (χ3v) is 14.5. The standard InChI is InChI=1S/C66H43BN2/c1-7-22-44(23-8-1)50-38-51(45-24-9-2-10-25-45)40-53(39-50)68-65-58(48-30-15-5-16-31-48)41-52(46-26-11-3-12-27-46)42-60(65)67-63-62(56-36-21-35-55-54-34-19-20-37-61(54)69(67)64(55)56)57(47-28-13-4-14-29-47)43-59(66(63)68)49-32-17-6-18-33-49/h1-43H. The van der Waals surface area contributed by atoms with Gasteiger partial charge in [-0.25, -0.2) is 0 Å². The Balaban J connectivity index is 1.23. The Hall–Kier alpha value is -8.92. The van der Waals surface area contributed by atoms with Crippen LogP contribution in [0.25, 0.3) is 99.7 Å². The number of hydrogen-bond acceptors (Lipinski definition) is 1. The lowest BCUT2D eigenvalue weighted by atomic mass is 9.44. The molecule has 0 radical (unpaired) electrons. The first kappa shape index (κ1) is 39.3. The van der Waals surface area contributed by atoms with E-state index in [9.17, 15) is 0 Å². The lowest BCUT2D eigenvalue weighted by molar-refractivity contribution is 1.25. The van der Waals surface area contributed by atoms with E-state index >= 15 is 0 Å². The highest BCUT2D eigenvalue weighted by molar-refractivity contribution is 6.90. The molecule has 0 saturated carbocycles. The summed E-state index contributed by atoms with van der Waals surface area (Å²) in [6, 6.07) is 96.7. The van der Waals surface area contributed by atoms with Crippen LogP contribution >= 0.6 is 0 Å². The fraction of sp³-hybridized carbons (Fsp3) is 0. The number of anilines is 3. The van der Waals surface area contributed by atoms with E-state index in [2.05, 4.69) is 270 Å². The van der Waals surface area contributed by atoms with Gasteiger partial charge in [-0.2, -0.15) is 0 Å². The van der Waals surface area contributed by atoms with Crippen LogP contribution in [-0.2, 0) is 0 Å². The smallest absolute Gasteiger partial charge is 0.333 e. The van der Waals surface area contributed by atoms with E-state index < -0.39 is 0 Å². The Labute approximate surface area is 402 Å². The first-order chi connectivity index (χ1) is 34.3. The molecule has 0 amide bonds. The molecule has 0 atom stereocenters. The summed E-state index contributed by atoms with van der Waals surface area (Å²) in [6.07, 6.45) is 0. The Bertz CT molecular complexity index is 3860. The van der Waals surface area contributed by atoms with Gasteiger partial charge >= 0.3 is 6.85 Å². The van der Waals surface area contributed by atoms with Gasteiger partial charge in [0, 0.05) is 44.2 Å². The third kappa shape index (κ3) is 6.21. The van der Waals surface area contributed by atoms with Crippen LogP contribution in [0.4, 0.5) is 17.1 Å². The molecule has 0 aliphatic carbocycles. The predicted octanol–water partition coefficient (Wildman–Crippen LogP) is 16.2. The Morgan fingerprint density at radius 1 is 0.290 bits per heavy atom. The van der Waals surface area contributed by atoms with Gasteiger partial charge in [0.1, 0.15) is 0 Å². The largest absolute Gasteiger partial charge is 0.375 e. The molecule has 12 aromatic rings. The average molecular weight is 875 g/mol. The first-order valence-corrected chi connectivity index (χ1v) is 24.0. The highest BCUT2D eigenvalue weighted by Crippen LogP contribution is 2.54. The molecule has 0 saturated heterocycles. The van der Waals surface area contributed by atoms with E-state index in [4.69, 9.17) is 0 Å². The average Bonchev–Trinajstić information content (AvgIpc) is 3.77. The zero-order valence-electron chi connectivity index (χ0n) is 37.8. The van der Waals surface area contributed by atoms with Gasteiger partial charge in [0.05, 0.1) is 11.4 Å². The van der Waals surface area contributed by atoms with Crippen LogP contribution in [0.3, 0.4) is 0 Å². The number of para-hydroxylation sites is 2. The summed E-state index contributed by atoms with van der Waals surface area (Å²) < 4.78 is 2.70. The zero-order valence-corrected chi connectivity index (χ0v) is 37.8. The molecule has 3 heterocycles. The van der Waals surface area contributed by atoms with E-state index in [0.29, 0.717) is 0 Å². The summed E-state index contributed by atoms with van der Waals surface area (Å²) in [4.78, 5) is 2.66. The van der Waals surface area contributed by atoms with Gasteiger partial charge in [0.25, 0.3) is 0 Å². The molecule has 320 valence electrons. The summed E-state index contributed by atoms with van der Waals surface area (Å²) in [5.74, 6) is 0. The molecule has 0 spiro atoms. The second-order valence-electron chi connectivity index (χ2n) is 18.4. The maximum Gasteiger partial charge on any atom is 0.333 e. The van der Waals surface area contributed by atoms with Crippen LogP contribution in [0.15, 0.2) is 261 Å². The first-order valence-electron chi connectivity index (χ1n) is 24.0.